The molecule has 2 rings (SSSR count). The van der Waals surface area contributed by atoms with Gasteiger partial charge in [0.2, 0.25) is 0 Å². The molecular formula is C13H18N4O. The number of hydrogen-bond acceptors (Lipinski definition) is 4. The molecule has 1 heterocycles. The van der Waals surface area contributed by atoms with Crippen molar-refractivity contribution < 1.29 is 4.74 Å². The fraction of sp³-hybridized carbons (Fsp3) is 0.385. The average molecular weight is 246 g/mol. The predicted molar refractivity (Wildman–Crippen MR) is 69.3 cm³/mol. The molecule has 0 saturated carbocycles. The molecule has 5 nitrogen and oxygen atoms in total. The van der Waals surface area contributed by atoms with Crippen LogP contribution in [0.25, 0.3) is 0 Å². The summed E-state index contributed by atoms with van der Waals surface area (Å²) in [6, 6.07) is 8.27. The maximum atomic E-state index is 5.82. The van der Waals surface area contributed by atoms with E-state index in [1.54, 1.807) is 4.68 Å². The van der Waals surface area contributed by atoms with E-state index in [4.69, 9.17) is 4.74 Å². The Bertz CT molecular complexity index is 509. The van der Waals surface area contributed by atoms with E-state index < -0.39 is 0 Å². The predicted octanol–water partition coefficient (Wildman–Crippen LogP) is 1.67. The van der Waals surface area contributed by atoms with Crippen LogP contribution in [0.4, 0.5) is 0 Å². The summed E-state index contributed by atoms with van der Waals surface area (Å²) in [7, 11) is 3.79. The third-order valence-electron chi connectivity index (χ3n) is 2.98. The van der Waals surface area contributed by atoms with Crippen molar-refractivity contribution in [1.82, 2.24) is 20.1 Å². The van der Waals surface area contributed by atoms with Crippen molar-refractivity contribution in [2.75, 3.05) is 7.05 Å². The minimum atomic E-state index is 0.251. The lowest BCUT2D eigenvalue weighted by atomic mass is 10.1. The van der Waals surface area contributed by atoms with E-state index in [1.807, 2.05) is 32.3 Å². The molecule has 1 N–H and O–H groups in total. The Balaban J connectivity index is 2.12. The molecule has 0 bridgehead atoms. The van der Waals surface area contributed by atoms with Crippen LogP contribution in [0.3, 0.4) is 0 Å². The lowest BCUT2D eigenvalue weighted by Crippen LogP contribution is -2.14. The zero-order valence-corrected chi connectivity index (χ0v) is 10.9. The summed E-state index contributed by atoms with van der Waals surface area (Å²) in [5.74, 6) is 1.68. The Morgan fingerprint density at radius 1 is 1.39 bits per heavy atom. The molecule has 96 valence electrons. The summed E-state index contributed by atoms with van der Waals surface area (Å²) in [5.41, 5.74) is 1.14. The highest BCUT2D eigenvalue weighted by molar-refractivity contribution is 5.35. The normalized spacial score (nSPS) is 12.4. The van der Waals surface area contributed by atoms with Gasteiger partial charge in [-0.25, -0.2) is 4.98 Å². The van der Waals surface area contributed by atoms with Crippen molar-refractivity contribution in [3.8, 4) is 5.75 Å². The van der Waals surface area contributed by atoms with Gasteiger partial charge in [0.1, 0.15) is 18.7 Å². The number of hydrogen-bond donors (Lipinski definition) is 1. The second-order valence-electron chi connectivity index (χ2n) is 4.14. The first-order valence-electron chi connectivity index (χ1n) is 5.94. The van der Waals surface area contributed by atoms with Crippen LogP contribution >= 0.6 is 0 Å². The number of benzene rings is 1. The summed E-state index contributed by atoms with van der Waals surface area (Å²) >= 11 is 0. The van der Waals surface area contributed by atoms with Crippen LogP contribution in [-0.2, 0) is 13.7 Å². The van der Waals surface area contributed by atoms with Gasteiger partial charge in [-0.05, 0) is 20.0 Å². The van der Waals surface area contributed by atoms with Crippen molar-refractivity contribution in [3.63, 3.8) is 0 Å². The monoisotopic (exact) mass is 246 g/mol. The Labute approximate surface area is 107 Å². The molecule has 0 aliphatic carbocycles. The first-order valence-corrected chi connectivity index (χ1v) is 5.94. The van der Waals surface area contributed by atoms with E-state index in [-0.39, 0.29) is 6.04 Å². The number of para-hydroxylation sites is 1. The van der Waals surface area contributed by atoms with E-state index in [2.05, 4.69) is 28.4 Å². The first kappa shape index (κ1) is 12.6. The number of rotatable bonds is 5. The summed E-state index contributed by atoms with van der Waals surface area (Å²) < 4.78 is 7.53. The zero-order chi connectivity index (χ0) is 13.0. The highest BCUT2D eigenvalue weighted by atomic mass is 16.5. The molecule has 1 unspecified atom stereocenters. The molecule has 18 heavy (non-hydrogen) atoms. The highest BCUT2D eigenvalue weighted by Crippen LogP contribution is 2.24. The quantitative estimate of drug-likeness (QED) is 0.872. The van der Waals surface area contributed by atoms with E-state index in [0.29, 0.717) is 6.61 Å². The number of nitrogens with one attached hydrogen (secondary N) is 1. The molecule has 1 atom stereocenters. The molecule has 0 aliphatic rings. The fourth-order valence-electron chi connectivity index (χ4n) is 1.72. The van der Waals surface area contributed by atoms with Gasteiger partial charge in [0.15, 0.2) is 5.82 Å². The lowest BCUT2D eigenvalue weighted by molar-refractivity contribution is 0.284. The van der Waals surface area contributed by atoms with E-state index in [9.17, 15) is 0 Å². The van der Waals surface area contributed by atoms with Crippen LogP contribution in [0.15, 0.2) is 30.6 Å². The molecule has 5 heteroatoms. The van der Waals surface area contributed by atoms with Crippen molar-refractivity contribution >= 4 is 0 Å². The first-order chi connectivity index (χ1) is 8.72. The van der Waals surface area contributed by atoms with Gasteiger partial charge in [0.25, 0.3) is 0 Å². The smallest absolute Gasteiger partial charge is 0.164 e. The SMILES string of the molecule is CNC(C)c1ccccc1OCc1ncnn1C. The largest absolute Gasteiger partial charge is 0.485 e. The Morgan fingerprint density at radius 2 is 2.17 bits per heavy atom. The van der Waals surface area contributed by atoms with Gasteiger partial charge in [-0.15, -0.1) is 0 Å². The van der Waals surface area contributed by atoms with Crippen molar-refractivity contribution in [2.24, 2.45) is 7.05 Å². The van der Waals surface area contributed by atoms with Gasteiger partial charge >= 0.3 is 0 Å². The number of aromatic nitrogens is 3. The lowest BCUT2D eigenvalue weighted by Gasteiger charge is -2.16. The zero-order valence-electron chi connectivity index (χ0n) is 10.9. The van der Waals surface area contributed by atoms with Crippen molar-refractivity contribution in [1.29, 1.82) is 0 Å². The second kappa shape index (κ2) is 5.64. The standard InChI is InChI=1S/C13H18N4O/c1-10(14-2)11-6-4-5-7-12(11)18-8-13-15-9-16-17(13)3/h4-7,9-10,14H,8H2,1-3H3. The van der Waals surface area contributed by atoms with Gasteiger partial charge in [-0.3, -0.25) is 4.68 Å². The molecule has 1 aromatic heterocycles. The highest BCUT2D eigenvalue weighted by Gasteiger charge is 2.10. The molecule has 0 fully saturated rings. The minimum Gasteiger partial charge on any atom is -0.485 e. The molecular weight excluding hydrogens is 228 g/mol. The van der Waals surface area contributed by atoms with Crippen LogP contribution in [0.5, 0.6) is 5.75 Å². The Hall–Kier alpha value is -1.88. The third-order valence-corrected chi connectivity index (χ3v) is 2.98. The summed E-state index contributed by atoms with van der Waals surface area (Å²) in [5, 5.41) is 7.23. The average Bonchev–Trinajstić information content (AvgIpc) is 2.81. The summed E-state index contributed by atoms with van der Waals surface area (Å²) in [6.07, 6.45) is 1.53. The van der Waals surface area contributed by atoms with Gasteiger partial charge in [-0.1, -0.05) is 18.2 Å². The molecule has 1 aromatic carbocycles. The third kappa shape index (κ3) is 2.68. The number of ether oxygens (including phenoxy) is 1. The second-order valence-corrected chi connectivity index (χ2v) is 4.14. The van der Waals surface area contributed by atoms with Crippen LogP contribution in [0.2, 0.25) is 0 Å². The Kier molecular flexibility index (Phi) is 3.94. The number of nitrogens with zero attached hydrogens (tertiary/aromatic N) is 3. The van der Waals surface area contributed by atoms with Crippen LogP contribution in [-0.4, -0.2) is 21.8 Å². The Morgan fingerprint density at radius 3 is 2.83 bits per heavy atom. The van der Waals surface area contributed by atoms with Gasteiger partial charge in [0, 0.05) is 18.7 Å². The summed E-state index contributed by atoms with van der Waals surface area (Å²) in [6.45, 7) is 2.52. The van der Waals surface area contributed by atoms with Gasteiger partial charge in [-0.2, -0.15) is 5.10 Å². The maximum Gasteiger partial charge on any atom is 0.164 e. The minimum absolute atomic E-state index is 0.251. The molecule has 0 radical (unpaired) electrons. The fourth-order valence-corrected chi connectivity index (χ4v) is 1.72. The summed E-state index contributed by atoms with van der Waals surface area (Å²) in [4.78, 5) is 4.14. The molecule has 0 aliphatic heterocycles. The van der Waals surface area contributed by atoms with Crippen molar-refractivity contribution in [3.05, 3.63) is 42.0 Å². The number of aryl methyl sites for hydroxylation is 1. The van der Waals surface area contributed by atoms with E-state index >= 15 is 0 Å². The molecule has 0 spiro atoms. The van der Waals surface area contributed by atoms with Crippen molar-refractivity contribution in [2.45, 2.75) is 19.6 Å². The maximum absolute atomic E-state index is 5.82. The van der Waals surface area contributed by atoms with E-state index in [0.717, 1.165) is 17.1 Å². The van der Waals surface area contributed by atoms with Gasteiger partial charge in [0.05, 0.1) is 0 Å². The topological polar surface area (TPSA) is 52.0 Å². The van der Waals surface area contributed by atoms with Crippen LogP contribution in [0, 0.1) is 0 Å². The molecule has 0 amide bonds. The molecule has 0 saturated heterocycles. The van der Waals surface area contributed by atoms with Crippen LogP contribution < -0.4 is 10.1 Å². The molecule has 2 aromatic rings. The van der Waals surface area contributed by atoms with Gasteiger partial charge < -0.3 is 10.1 Å². The van der Waals surface area contributed by atoms with E-state index in [1.165, 1.54) is 6.33 Å². The van der Waals surface area contributed by atoms with Crippen LogP contribution in [0.1, 0.15) is 24.4 Å².